The Morgan fingerprint density at radius 2 is 1.76 bits per heavy atom. The van der Waals surface area contributed by atoms with E-state index in [2.05, 4.69) is 15.6 Å². The Hall–Kier alpha value is -4.12. The van der Waals surface area contributed by atoms with E-state index in [0.717, 1.165) is 18.2 Å². The SMILES string of the molecule is COc1cc(NC(=O)/N=C(\N)c2c(F)cccc2Cl)ccc1C(=O)NC1(c2ccc(C(F)(F)F)cc2)CC1. The lowest BCUT2D eigenvalue weighted by molar-refractivity contribution is -0.137. The minimum absolute atomic E-state index is 0.0131. The monoisotopic (exact) mass is 548 g/mol. The van der Waals surface area contributed by atoms with E-state index in [-0.39, 0.29) is 27.6 Å². The zero-order valence-electron chi connectivity index (χ0n) is 19.8. The number of nitrogens with two attached hydrogens (primary N) is 1. The highest BCUT2D eigenvalue weighted by Gasteiger charge is 2.46. The number of hydrogen-bond donors (Lipinski definition) is 3. The van der Waals surface area contributed by atoms with Gasteiger partial charge in [-0.15, -0.1) is 0 Å². The molecular weight excluding hydrogens is 528 g/mol. The highest BCUT2D eigenvalue weighted by atomic mass is 35.5. The van der Waals surface area contributed by atoms with E-state index in [1.165, 1.54) is 49.6 Å². The van der Waals surface area contributed by atoms with Gasteiger partial charge in [-0.3, -0.25) is 4.79 Å². The number of anilines is 1. The van der Waals surface area contributed by atoms with E-state index >= 15 is 0 Å². The average molecular weight is 549 g/mol. The number of ether oxygens (including phenoxy) is 1. The van der Waals surface area contributed by atoms with Gasteiger partial charge in [0, 0.05) is 11.8 Å². The van der Waals surface area contributed by atoms with Gasteiger partial charge in [-0.2, -0.15) is 18.2 Å². The molecule has 0 heterocycles. The fourth-order valence-corrected chi connectivity index (χ4v) is 4.15. The van der Waals surface area contributed by atoms with E-state index in [1.807, 2.05) is 0 Å². The van der Waals surface area contributed by atoms with E-state index < -0.39 is 40.9 Å². The molecule has 3 aromatic rings. The van der Waals surface area contributed by atoms with Crippen molar-refractivity contribution in [2.24, 2.45) is 10.7 Å². The van der Waals surface area contributed by atoms with Crippen molar-refractivity contribution in [1.29, 1.82) is 0 Å². The minimum atomic E-state index is -4.45. The summed E-state index contributed by atoms with van der Waals surface area (Å²) in [5.74, 6) is -1.55. The summed E-state index contributed by atoms with van der Waals surface area (Å²) in [6.07, 6.45) is -3.33. The second kappa shape index (κ2) is 10.3. The molecule has 0 unspecified atom stereocenters. The van der Waals surface area contributed by atoms with Gasteiger partial charge in [-0.25, -0.2) is 9.18 Å². The Labute approximate surface area is 219 Å². The predicted molar refractivity (Wildman–Crippen MR) is 134 cm³/mol. The number of aliphatic imine (C=N–C) groups is 1. The molecule has 1 aliphatic rings. The third kappa shape index (κ3) is 5.72. The highest BCUT2D eigenvalue weighted by molar-refractivity contribution is 6.34. The van der Waals surface area contributed by atoms with Crippen LogP contribution in [0, 0.1) is 5.82 Å². The summed E-state index contributed by atoms with van der Waals surface area (Å²) in [7, 11) is 1.33. The molecule has 198 valence electrons. The fraction of sp³-hybridized carbons (Fsp3) is 0.192. The summed E-state index contributed by atoms with van der Waals surface area (Å²) >= 11 is 5.94. The lowest BCUT2D eigenvalue weighted by Gasteiger charge is -2.20. The number of amidine groups is 1. The quantitative estimate of drug-likeness (QED) is 0.204. The van der Waals surface area contributed by atoms with E-state index in [1.54, 1.807) is 0 Å². The first-order chi connectivity index (χ1) is 17.9. The number of nitrogens with zero attached hydrogens (tertiary/aromatic N) is 1. The van der Waals surface area contributed by atoms with Gasteiger partial charge in [0.2, 0.25) is 0 Å². The lowest BCUT2D eigenvalue weighted by Crippen LogP contribution is -2.35. The number of hydrogen-bond acceptors (Lipinski definition) is 3. The molecule has 0 spiro atoms. The van der Waals surface area contributed by atoms with E-state index in [9.17, 15) is 27.2 Å². The number of urea groups is 1. The molecule has 0 aromatic heterocycles. The maximum atomic E-state index is 14.0. The van der Waals surface area contributed by atoms with Gasteiger partial charge in [-0.05, 0) is 54.8 Å². The van der Waals surface area contributed by atoms with Crippen molar-refractivity contribution in [3.8, 4) is 5.75 Å². The Morgan fingerprint density at radius 3 is 2.34 bits per heavy atom. The molecule has 7 nitrogen and oxygen atoms in total. The largest absolute Gasteiger partial charge is 0.496 e. The second-order valence-corrected chi connectivity index (χ2v) is 8.96. The van der Waals surface area contributed by atoms with Crippen molar-refractivity contribution >= 4 is 35.1 Å². The molecule has 0 radical (unpaired) electrons. The smallest absolute Gasteiger partial charge is 0.416 e. The van der Waals surface area contributed by atoms with Crippen LogP contribution in [0.25, 0.3) is 0 Å². The first-order valence-corrected chi connectivity index (χ1v) is 11.6. The van der Waals surface area contributed by atoms with Gasteiger partial charge in [0.15, 0.2) is 0 Å². The van der Waals surface area contributed by atoms with E-state index in [4.69, 9.17) is 22.1 Å². The number of methoxy groups -OCH3 is 1. The van der Waals surface area contributed by atoms with Crippen LogP contribution in [0.2, 0.25) is 5.02 Å². The van der Waals surface area contributed by atoms with Crippen molar-refractivity contribution in [2.45, 2.75) is 24.6 Å². The van der Waals surface area contributed by atoms with Crippen LogP contribution in [-0.4, -0.2) is 24.9 Å². The number of alkyl halides is 3. The lowest BCUT2D eigenvalue weighted by atomic mass is 10.0. The first-order valence-electron chi connectivity index (χ1n) is 11.2. The molecule has 1 aliphatic carbocycles. The number of halogens is 5. The molecule has 12 heteroatoms. The Bertz CT molecular complexity index is 1400. The van der Waals surface area contributed by atoms with Crippen LogP contribution in [0.3, 0.4) is 0 Å². The molecule has 0 saturated heterocycles. The molecule has 0 aliphatic heterocycles. The van der Waals surface area contributed by atoms with Crippen LogP contribution in [0.5, 0.6) is 5.75 Å². The van der Waals surface area contributed by atoms with Gasteiger partial charge in [0.05, 0.1) is 34.4 Å². The minimum Gasteiger partial charge on any atom is -0.496 e. The molecule has 1 saturated carbocycles. The number of amides is 3. The van der Waals surface area contributed by atoms with Gasteiger partial charge in [0.25, 0.3) is 5.91 Å². The van der Waals surface area contributed by atoms with Gasteiger partial charge in [0.1, 0.15) is 17.4 Å². The molecule has 4 rings (SSSR count). The van der Waals surface area contributed by atoms with Gasteiger partial charge in [-0.1, -0.05) is 29.8 Å². The zero-order valence-corrected chi connectivity index (χ0v) is 20.6. The molecule has 38 heavy (non-hydrogen) atoms. The highest BCUT2D eigenvalue weighted by Crippen LogP contribution is 2.46. The second-order valence-electron chi connectivity index (χ2n) is 8.55. The summed E-state index contributed by atoms with van der Waals surface area (Å²) in [4.78, 5) is 29.0. The third-order valence-corrected chi connectivity index (χ3v) is 6.32. The van der Waals surface area contributed by atoms with Crippen molar-refractivity contribution in [2.75, 3.05) is 12.4 Å². The van der Waals surface area contributed by atoms with E-state index in [0.29, 0.717) is 18.4 Å². The standard InChI is InChI=1S/C26H21ClF4N4O3/c1-38-20-13-16(33-24(37)34-22(32)21-18(27)3-2-4-19(21)28)9-10-17(20)23(36)35-25(11-12-25)14-5-7-15(8-6-14)26(29,30)31/h2-10,13H,11-12H2,1H3,(H,35,36)(H3,32,33,34,37). The van der Waals surface area contributed by atoms with Crippen LogP contribution in [0.4, 0.5) is 28.0 Å². The number of benzene rings is 3. The number of rotatable bonds is 6. The molecule has 0 bridgehead atoms. The number of nitrogens with one attached hydrogen (secondary N) is 2. The predicted octanol–water partition coefficient (Wildman–Crippen LogP) is 5.86. The topological polar surface area (TPSA) is 106 Å². The fourth-order valence-electron chi connectivity index (χ4n) is 3.89. The maximum absolute atomic E-state index is 14.0. The molecule has 0 atom stereocenters. The summed E-state index contributed by atoms with van der Waals surface area (Å²) < 4.78 is 58.0. The summed E-state index contributed by atoms with van der Waals surface area (Å²) in [6.45, 7) is 0. The number of carbonyl (C=O) groups excluding carboxylic acids is 2. The molecule has 1 fully saturated rings. The summed E-state index contributed by atoms with van der Waals surface area (Å²) in [5, 5.41) is 5.31. The average Bonchev–Trinajstić information content (AvgIpc) is 3.63. The van der Waals surface area contributed by atoms with Crippen LogP contribution in [0.15, 0.2) is 65.7 Å². The van der Waals surface area contributed by atoms with Gasteiger partial charge >= 0.3 is 12.2 Å². The molecule has 3 aromatic carbocycles. The van der Waals surface area contributed by atoms with Crippen molar-refractivity contribution in [3.63, 3.8) is 0 Å². The Kier molecular flexibility index (Phi) is 7.32. The molecular formula is C26H21ClF4N4O3. The molecule has 4 N–H and O–H groups in total. The first kappa shape index (κ1) is 26.9. The van der Waals surface area contributed by atoms with Crippen molar-refractivity contribution in [3.05, 3.63) is 93.8 Å². The van der Waals surface area contributed by atoms with Crippen LogP contribution < -0.4 is 21.1 Å². The Balaban J connectivity index is 1.48. The normalized spacial score (nSPS) is 14.5. The van der Waals surface area contributed by atoms with Crippen LogP contribution >= 0.6 is 11.6 Å². The molecule has 3 amide bonds. The zero-order chi connectivity index (χ0) is 27.7. The van der Waals surface area contributed by atoms with Crippen molar-refractivity contribution in [1.82, 2.24) is 5.32 Å². The Morgan fingerprint density at radius 1 is 1.08 bits per heavy atom. The maximum Gasteiger partial charge on any atom is 0.416 e. The summed E-state index contributed by atoms with van der Waals surface area (Å²) in [6, 6.07) is 11.9. The van der Waals surface area contributed by atoms with Crippen molar-refractivity contribution < 1.29 is 31.9 Å². The van der Waals surface area contributed by atoms with Gasteiger partial charge < -0.3 is 21.1 Å². The van der Waals surface area contributed by atoms with Crippen LogP contribution in [-0.2, 0) is 11.7 Å². The number of carbonyl (C=O) groups is 2. The van der Waals surface area contributed by atoms with Crippen LogP contribution in [0.1, 0.15) is 39.9 Å². The third-order valence-electron chi connectivity index (χ3n) is 6.01. The summed E-state index contributed by atoms with van der Waals surface area (Å²) in [5.41, 5.74) is 4.90.